The molecule has 8 N–H and O–H groups in total. The zero-order chi connectivity index (χ0) is 50.0. The summed E-state index contributed by atoms with van der Waals surface area (Å²) in [4.78, 5) is 80.3. The number of hydrogen-bond donors (Lipinski definition) is 7. The van der Waals surface area contributed by atoms with Crippen LogP contribution in [0.1, 0.15) is 125 Å². The zero-order valence-electron chi connectivity index (χ0n) is 37.7. The Balaban J connectivity index is -0.000000400. The molecule has 0 bridgehead atoms. The summed E-state index contributed by atoms with van der Waals surface area (Å²) < 4.78 is 24.0. The van der Waals surface area contributed by atoms with Crippen LogP contribution in [0, 0.1) is 11.5 Å². The van der Waals surface area contributed by atoms with Gasteiger partial charge in [-0.25, -0.2) is 19.2 Å². The molecule has 0 rings (SSSR count). The molecule has 370 valence electrons. The Bertz CT molecular complexity index is 1420. The largest absolute Gasteiger partial charge is 0.480 e. The molecule has 0 aromatic rings. The van der Waals surface area contributed by atoms with Gasteiger partial charge in [-0.3, -0.25) is 14.4 Å². The average Bonchev–Trinajstić information content (AvgIpc) is 3.19. The number of amides is 2. The van der Waals surface area contributed by atoms with Crippen molar-refractivity contribution in [1.82, 2.24) is 10.6 Å². The van der Waals surface area contributed by atoms with Gasteiger partial charge in [0.2, 0.25) is 0 Å². The van der Waals surface area contributed by atoms with Gasteiger partial charge in [0.15, 0.2) is 0 Å². The first-order chi connectivity index (χ1) is 29.9. The van der Waals surface area contributed by atoms with E-state index < -0.39 is 59.4 Å². The number of nitrogens with zero attached hydrogens (tertiary/aromatic N) is 4. The van der Waals surface area contributed by atoms with Crippen LogP contribution < -0.4 is 16.4 Å². The number of alkyl halides is 2. The van der Waals surface area contributed by atoms with E-state index in [9.17, 15) is 33.6 Å². The highest BCUT2D eigenvalue weighted by molar-refractivity contribution is 6.18. The van der Waals surface area contributed by atoms with Crippen molar-refractivity contribution in [2.24, 2.45) is 10.8 Å². The summed E-state index contributed by atoms with van der Waals surface area (Å²) in [5.74, 6) is -3.12. The standard InChI is InChI=1S/C15H26ClNO6.C11H21NO5.C10H18N4O4.C3H4ClNO/c1-15(2,3)23-14(21)17-11(13(19)20)7-4-5-10-22-12(18)8-6-9-16;1-11(2,3)17-10(16)12-8(9(14)15)6-4-5-7-13;11-8(10(16)17)4-1-2-7-18-9(15)5-3-6-13-14-12;4-1-2-6-3-5/h11H,4-10H2,1-3H3,(H,17,21)(H,19,20);8,13H,4-7H2,1-3H3,(H,12,16)(H,14,15);8H,1-7,11H2,(H,16,17);1-2H2/t11-;2*8-;/m000./s1. The number of ether oxygens (including phenoxy) is 5. The van der Waals surface area contributed by atoms with Gasteiger partial charge in [-0.1, -0.05) is 5.11 Å². The fraction of sp³-hybridized carbons (Fsp3) is 0.795. The summed E-state index contributed by atoms with van der Waals surface area (Å²) >= 11 is 10.6. The minimum atomic E-state index is -1.13. The second kappa shape index (κ2) is 42.0. The number of alkyl carbamates (subject to hydrolysis) is 2. The van der Waals surface area contributed by atoms with Crippen LogP contribution in [0.3, 0.4) is 0 Å². The van der Waals surface area contributed by atoms with Crippen LogP contribution in [0.15, 0.2) is 5.11 Å². The second-order valence-corrected chi connectivity index (χ2v) is 15.9. The van der Waals surface area contributed by atoms with Crippen molar-refractivity contribution < 1.29 is 77.7 Å². The Labute approximate surface area is 384 Å². The molecule has 0 fully saturated rings. The van der Waals surface area contributed by atoms with Gasteiger partial charge in [-0.05, 0) is 118 Å². The van der Waals surface area contributed by atoms with Crippen molar-refractivity contribution in [2.45, 2.75) is 154 Å². The predicted octanol–water partition coefficient (Wildman–Crippen LogP) is 5.75. The van der Waals surface area contributed by atoms with E-state index in [1.165, 1.54) is 6.26 Å². The van der Waals surface area contributed by atoms with Crippen molar-refractivity contribution in [3.05, 3.63) is 10.4 Å². The van der Waals surface area contributed by atoms with E-state index >= 15 is 0 Å². The SMILES string of the molecule is CC(C)(C)OC(=O)N[C@@H](CCCCO)C(=O)O.CC(C)(C)OC(=O)N[C@@H](CCCCOC(=O)CCCCl)C(=O)O.N#COCCCl.[N-]=[N+]=NCCCC(=O)OCCCC[C@H](N)C(=O)O. The molecule has 0 aliphatic rings. The van der Waals surface area contributed by atoms with Gasteiger partial charge in [0.1, 0.15) is 35.9 Å². The third-order valence-electron chi connectivity index (χ3n) is 6.98. The fourth-order valence-electron chi connectivity index (χ4n) is 4.07. The Kier molecular flexibility index (Phi) is 43.0. The summed E-state index contributed by atoms with van der Waals surface area (Å²) in [7, 11) is 0. The van der Waals surface area contributed by atoms with Crippen LogP contribution in [0.2, 0.25) is 0 Å². The maximum atomic E-state index is 11.6. The van der Waals surface area contributed by atoms with Gasteiger partial charge in [0, 0.05) is 36.8 Å². The first-order valence-electron chi connectivity index (χ1n) is 20.4. The molecule has 0 spiro atoms. The van der Waals surface area contributed by atoms with Crippen LogP contribution >= 0.6 is 23.2 Å². The van der Waals surface area contributed by atoms with Gasteiger partial charge >= 0.3 is 42.0 Å². The van der Waals surface area contributed by atoms with E-state index in [0.29, 0.717) is 76.2 Å². The molecule has 2 amide bonds. The van der Waals surface area contributed by atoms with E-state index in [-0.39, 0.29) is 64.0 Å². The van der Waals surface area contributed by atoms with E-state index in [0.717, 1.165) is 0 Å². The highest BCUT2D eigenvalue weighted by atomic mass is 35.5. The molecule has 3 atom stereocenters. The number of nitrogens with two attached hydrogens (primary N) is 1. The Morgan fingerprint density at radius 1 is 0.688 bits per heavy atom. The average molecular weight is 963 g/mol. The van der Waals surface area contributed by atoms with Gasteiger partial charge < -0.3 is 60.5 Å². The number of hydrogen-bond acceptors (Lipinski definition) is 16. The van der Waals surface area contributed by atoms with Gasteiger partial charge in [0.25, 0.3) is 6.26 Å². The quantitative estimate of drug-likeness (QED) is 0.00717. The third kappa shape index (κ3) is 51.3. The number of azide groups is 1. The molecule has 0 aliphatic carbocycles. The lowest BCUT2D eigenvalue weighted by molar-refractivity contribution is -0.144. The van der Waals surface area contributed by atoms with Crippen LogP contribution in [-0.4, -0.2) is 137 Å². The molecule has 64 heavy (non-hydrogen) atoms. The first-order valence-corrected chi connectivity index (χ1v) is 21.5. The number of aliphatic hydroxyl groups is 1. The molecule has 23 nitrogen and oxygen atoms in total. The van der Waals surface area contributed by atoms with Crippen molar-refractivity contribution >= 4 is 65.2 Å². The summed E-state index contributed by atoms with van der Waals surface area (Å²) in [6.45, 7) is 11.3. The summed E-state index contributed by atoms with van der Waals surface area (Å²) in [6.07, 6.45) is 5.62. The van der Waals surface area contributed by atoms with E-state index in [4.69, 9.17) is 79.1 Å². The van der Waals surface area contributed by atoms with Crippen molar-refractivity contribution in [2.75, 3.05) is 44.7 Å². The van der Waals surface area contributed by atoms with Gasteiger partial charge in [0.05, 0.1) is 19.1 Å². The number of carbonyl (C=O) groups excluding carboxylic acids is 4. The highest BCUT2D eigenvalue weighted by Gasteiger charge is 2.25. The molecule has 0 aliphatic heterocycles. The van der Waals surface area contributed by atoms with Crippen molar-refractivity contribution in [3.63, 3.8) is 0 Å². The molecule has 0 radical (unpaired) electrons. The topological polar surface area (TPSA) is 369 Å². The molecular formula is C39H69Cl2N7O16. The monoisotopic (exact) mass is 961 g/mol. The molecule has 0 heterocycles. The first kappa shape index (κ1) is 65.6. The Morgan fingerprint density at radius 2 is 1.12 bits per heavy atom. The van der Waals surface area contributed by atoms with Crippen LogP contribution in [0.5, 0.6) is 0 Å². The van der Waals surface area contributed by atoms with E-state index in [1.807, 2.05) is 0 Å². The number of rotatable bonds is 28. The third-order valence-corrected chi connectivity index (χ3v) is 7.40. The number of carboxylic acid groups (broad SMARTS) is 3. The normalized spacial score (nSPS) is 11.7. The summed E-state index contributed by atoms with van der Waals surface area (Å²) in [6, 6.07) is -2.86. The van der Waals surface area contributed by atoms with Crippen LogP contribution in [0.25, 0.3) is 10.4 Å². The van der Waals surface area contributed by atoms with Crippen LogP contribution in [-0.2, 0) is 47.7 Å². The smallest absolute Gasteiger partial charge is 0.408 e. The summed E-state index contributed by atoms with van der Waals surface area (Å²) in [5, 5.41) is 50.7. The predicted molar refractivity (Wildman–Crippen MR) is 233 cm³/mol. The number of unbranched alkanes of at least 4 members (excludes halogenated alkanes) is 3. The fourth-order valence-corrected chi connectivity index (χ4v) is 4.28. The molecule has 0 aromatic heterocycles. The number of halogens is 2. The maximum absolute atomic E-state index is 11.6. The zero-order valence-corrected chi connectivity index (χ0v) is 39.2. The van der Waals surface area contributed by atoms with Crippen molar-refractivity contribution in [1.29, 1.82) is 5.26 Å². The van der Waals surface area contributed by atoms with E-state index in [1.54, 1.807) is 41.5 Å². The number of nitrogens with one attached hydrogen (secondary N) is 2. The Hall–Kier alpha value is -5.01. The second-order valence-electron chi connectivity index (χ2n) is 15.2. The molecular weight excluding hydrogens is 893 g/mol. The lowest BCUT2D eigenvalue weighted by Crippen LogP contribution is -2.43. The van der Waals surface area contributed by atoms with Gasteiger partial charge in [-0.15, -0.1) is 23.2 Å². The number of esters is 2. The maximum Gasteiger partial charge on any atom is 0.408 e. The number of aliphatic hydroxyl groups excluding tert-OH is 1. The lowest BCUT2D eigenvalue weighted by Gasteiger charge is -2.22. The lowest BCUT2D eigenvalue weighted by atomic mass is 10.1. The van der Waals surface area contributed by atoms with E-state index in [2.05, 4.69) is 25.4 Å². The van der Waals surface area contributed by atoms with Gasteiger partial charge in [-0.2, -0.15) is 5.26 Å². The molecule has 25 heteroatoms. The molecule has 0 unspecified atom stereocenters. The number of nitriles is 1. The minimum Gasteiger partial charge on any atom is -0.480 e. The number of carbonyl (C=O) groups is 7. The van der Waals surface area contributed by atoms with Crippen molar-refractivity contribution in [3.8, 4) is 6.26 Å². The minimum absolute atomic E-state index is 0.0127. The van der Waals surface area contributed by atoms with Crippen LogP contribution in [0.4, 0.5) is 9.59 Å². The molecule has 0 saturated carbocycles. The molecule has 0 aromatic carbocycles. The number of aliphatic carboxylic acids is 3. The summed E-state index contributed by atoms with van der Waals surface area (Å²) in [5.41, 5.74) is 12.0. The highest BCUT2D eigenvalue weighted by Crippen LogP contribution is 2.10. The molecule has 0 saturated heterocycles. The Morgan fingerprint density at radius 3 is 1.47 bits per heavy atom. The number of carboxylic acids is 3.